The number of thiophene rings is 3. The van der Waals surface area contributed by atoms with Gasteiger partial charge in [-0.2, -0.15) is 15.3 Å². The number of nitrogens with zero attached hydrogens (tertiary/aromatic N) is 11. The summed E-state index contributed by atoms with van der Waals surface area (Å²) in [6.45, 7) is 16.2. The minimum Gasteiger partial charge on any atom is -0.384 e. The molecule has 27 heteroatoms. The minimum absolute atomic E-state index is 0.0119. The lowest BCUT2D eigenvalue weighted by Crippen LogP contribution is -2.32. The zero-order valence-corrected chi connectivity index (χ0v) is 59.8. The van der Waals surface area contributed by atoms with Gasteiger partial charge in [-0.05, 0) is 170 Å². The molecule has 9 aromatic rings. The monoisotopic (exact) mass is 1410 g/mol. The third-order valence-corrected chi connectivity index (χ3v) is 21.2. The van der Waals surface area contributed by atoms with E-state index in [0.717, 1.165) is 174 Å². The van der Waals surface area contributed by atoms with Crippen LogP contribution in [0.5, 0.6) is 0 Å². The standard InChI is InChI=1S/C26H36N6O2S.C18H21BrN4OS.C17H20N6OS.C7H14N2O/c1-26(2,3)30-22-16-18(27-12-13-31(4)25(33)17-8-9-17)24-19(29-22)15-21(35-24)20-10-11-28-32(20)23-7-5-6-14-34-23;1-11(2)21-16-9-12(19)18-13(22-16)10-15(25-18)14-6-7-20-23(14)17-5-3-4-8-24-17;1-23(17(24)10-2-3-10)7-6-19-12-9-15(18)21-13-8-14(25-16(12)13)11-4-5-20-22-11;1-9(5-4-8)7(10)6-2-3-6/h10-11,15-17,23H,5-9,12-14H2,1-4H3,(H2,27,29,30);6-7,9-11,17H,3-5,8H2,1-2H3,(H,21,22);4-5,8-10H,2-3,6-7H2,1H3,(H,20,22)(H3,18,19,21);6H,2-5,8H2,1H3. The molecule has 0 radical (unpaired) electrons. The molecule has 23 nitrogen and oxygen atoms in total. The van der Waals surface area contributed by atoms with Crippen molar-refractivity contribution >= 4 is 127 Å². The van der Waals surface area contributed by atoms with Crippen molar-refractivity contribution in [2.75, 3.05) is 101 Å². The van der Waals surface area contributed by atoms with Crippen molar-refractivity contribution in [2.45, 2.75) is 136 Å². The van der Waals surface area contributed by atoms with Gasteiger partial charge in [0.05, 0.1) is 73.7 Å². The van der Waals surface area contributed by atoms with Crippen LogP contribution >= 0.6 is 49.9 Å². The molecular weight excluding hydrogens is 1320 g/mol. The predicted molar refractivity (Wildman–Crippen MR) is 388 cm³/mol. The number of amides is 3. The van der Waals surface area contributed by atoms with E-state index in [2.05, 4.69) is 128 Å². The number of carbonyl (C=O) groups is 3. The molecule has 0 spiro atoms. The summed E-state index contributed by atoms with van der Waals surface area (Å²) in [6, 6.07) is 18.7. The van der Waals surface area contributed by atoms with Crippen molar-refractivity contribution in [3.63, 3.8) is 0 Å². The SMILES string of the molecule is CC(C)Nc1cc(Br)c2sc(-c3ccnn3C3CCCCO3)cc2n1.CN(CCN)C(=O)C1CC1.CN(CCNc1cc(N)nc2cc(-c3ccn[nH]3)sc12)C(=O)C1CC1.CN(CCNc1cc(NC(C)(C)C)nc2cc(-c3ccnn3C3CCCCO3)sc12)C(=O)C1CC1. The number of halogens is 1. The summed E-state index contributed by atoms with van der Waals surface area (Å²) >= 11 is 8.78. The summed E-state index contributed by atoms with van der Waals surface area (Å²) in [5.74, 6) is 3.81. The largest absolute Gasteiger partial charge is 0.384 e. The molecule has 3 amide bonds. The number of hydrogen-bond donors (Lipinski definition) is 7. The van der Waals surface area contributed by atoms with Crippen molar-refractivity contribution in [2.24, 2.45) is 23.5 Å². The molecule has 14 rings (SSSR count). The van der Waals surface area contributed by atoms with E-state index in [1.54, 1.807) is 50.0 Å². The lowest BCUT2D eigenvalue weighted by Gasteiger charge is -2.24. The number of aromatic nitrogens is 9. The van der Waals surface area contributed by atoms with Crippen LogP contribution in [-0.4, -0.2) is 162 Å². The van der Waals surface area contributed by atoms with Gasteiger partial charge < -0.3 is 56.9 Å². The van der Waals surface area contributed by atoms with Crippen LogP contribution in [0.2, 0.25) is 0 Å². The van der Waals surface area contributed by atoms with Crippen molar-refractivity contribution in [1.29, 1.82) is 0 Å². The summed E-state index contributed by atoms with van der Waals surface area (Å²) in [5.41, 5.74) is 19.0. The molecule has 2 unspecified atom stereocenters. The van der Waals surface area contributed by atoms with Gasteiger partial charge in [0.2, 0.25) is 17.7 Å². The number of carbonyl (C=O) groups excluding carboxylic acids is 3. The zero-order chi connectivity index (χ0) is 66.9. The maximum atomic E-state index is 12.3. The van der Waals surface area contributed by atoms with Gasteiger partial charge in [-0.25, -0.2) is 24.3 Å². The van der Waals surface area contributed by atoms with Crippen LogP contribution < -0.4 is 32.7 Å². The highest BCUT2D eigenvalue weighted by Crippen LogP contribution is 2.43. The fraction of sp³-hybridized carbons (Fsp3) is 0.515. The second-order valence-corrected chi connectivity index (χ2v) is 30.5. The Kier molecular flexibility index (Phi) is 22.8. The highest BCUT2D eigenvalue weighted by molar-refractivity contribution is 9.10. The van der Waals surface area contributed by atoms with Gasteiger partial charge >= 0.3 is 0 Å². The van der Waals surface area contributed by atoms with Crippen molar-refractivity contribution in [1.82, 2.24) is 59.4 Å². The lowest BCUT2D eigenvalue weighted by atomic mass is 10.1. The molecule has 0 bridgehead atoms. The summed E-state index contributed by atoms with van der Waals surface area (Å²) in [4.78, 5) is 58.3. The van der Waals surface area contributed by atoms with Crippen LogP contribution in [0.1, 0.15) is 124 Å². The van der Waals surface area contributed by atoms with E-state index in [4.69, 9.17) is 30.9 Å². The molecule has 9 aromatic heterocycles. The van der Waals surface area contributed by atoms with Crippen LogP contribution in [0.3, 0.4) is 0 Å². The Morgan fingerprint density at radius 3 is 1.60 bits per heavy atom. The number of nitrogens with two attached hydrogens (primary N) is 2. The van der Waals surface area contributed by atoms with E-state index in [0.29, 0.717) is 57.0 Å². The van der Waals surface area contributed by atoms with E-state index in [1.807, 2.05) is 72.1 Å². The van der Waals surface area contributed by atoms with Gasteiger partial charge in [0, 0.05) is 138 Å². The molecule has 508 valence electrons. The molecule has 3 aliphatic carbocycles. The van der Waals surface area contributed by atoms with Gasteiger partial charge in [0.1, 0.15) is 17.5 Å². The van der Waals surface area contributed by atoms with Gasteiger partial charge in [0.15, 0.2) is 12.5 Å². The van der Waals surface area contributed by atoms with E-state index in [-0.39, 0.29) is 47.6 Å². The molecule has 11 heterocycles. The van der Waals surface area contributed by atoms with Crippen molar-refractivity contribution in [3.05, 3.63) is 77.7 Å². The number of hydrogen-bond acceptors (Lipinski definition) is 20. The Hall–Kier alpha value is -7.27. The highest BCUT2D eigenvalue weighted by atomic mass is 79.9. The number of pyridine rings is 3. The van der Waals surface area contributed by atoms with Gasteiger partial charge in [0.25, 0.3) is 0 Å². The summed E-state index contributed by atoms with van der Waals surface area (Å²) in [7, 11) is 5.57. The number of ether oxygens (including phenoxy) is 2. The number of fused-ring (bicyclic) bond motifs is 3. The van der Waals surface area contributed by atoms with Gasteiger partial charge in [-0.3, -0.25) is 19.5 Å². The molecule has 5 aliphatic rings. The molecular formula is C68H91BrN18O5S3. The van der Waals surface area contributed by atoms with E-state index >= 15 is 0 Å². The fourth-order valence-corrected chi connectivity index (χ4v) is 15.2. The van der Waals surface area contributed by atoms with E-state index in [9.17, 15) is 14.4 Å². The van der Waals surface area contributed by atoms with Gasteiger partial charge in [-0.15, -0.1) is 34.0 Å². The topological polar surface area (TPSA) is 283 Å². The fourth-order valence-electron chi connectivity index (χ4n) is 11.4. The lowest BCUT2D eigenvalue weighted by molar-refractivity contribution is -0.131. The maximum Gasteiger partial charge on any atom is 0.225 e. The third-order valence-electron chi connectivity index (χ3n) is 16.7. The Bertz CT molecular complexity index is 4040. The molecule has 2 atom stereocenters. The summed E-state index contributed by atoms with van der Waals surface area (Å²) in [5, 5.41) is 30.0. The molecule has 9 N–H and O–H groups in total. The predicted octanol–water partition coefficient (Wildman–Crippen LogP) is 13.2. The number of anilines is 5. The Balaban J connectivity index is 0.000000137. The number of aromatic amines is 1. The van der Waals surface area contributed by atoms with Crippen LogP contribution in [-0.2, 0) is 23.9 Å². The number of likely N-dealkylation sites (N-methyl/N-ethyl adjacent to an activating group) is 3. The molecule has 3 saturated carbocycles. The number of nitrogens with one attached hydrogen (secondary N) is 5. The second kappa shape index (κ2) is 31.3. The van der Waals surface area contributed by atoms with E-state index < -0.39 is 0 Å². The summed E-state index contributed by atoms with van der Waals surface area (Å²) in [6.07, 6.45) is 18.3. The highest BCUT2D eigenvalue weighted by Gasteiger charge is 2.34. The quantitative estimate of drug-likeness (QED) is 0.0352. The first-order valence-corrected chi connectivity index (χ1v) is 36.5. The number of rotatable bonds is 21. The molecule has 0 aromatic carbocycles. The molecule has 5 fully saturated rings. The van der Waals surface area contributed by atoms with Crippen LogP contribution in [0.15, 0.2) is 77.7 Å². The minimum atomic E-state index is -0.107. The molecule has 95 heavy (non-hydrogen) atoms. The first kappa shape index (κ1) is 69.1. The Morgan fingerprint density at radius 1 is 0.632 bits per heavy atom. The van der Waals surface area contributed by atoms with Crippen molar-refractivity contribution < 1.29 is 23.9 Å². The Morgan fingerprint density at radius 2 is 1.12 bits per heavy atom. The van der Waals surface area contributed by atoms with Crippen molar-refractivity contribution in [3.8, 4) is 31.7 Å². The second-order valence-electron chi connectivity index (χ2n) is 26.5. The third kappa shape index (κ3) is 18.2. The Labute approximate surface area is 576 Å². The van der Waals surface area contributed by atoms with E-state index in [1.165, 1.54) is 6.42 Å². The maximum absolute atomic E-state index is 12.3. The van der Waals surface area contributed by atoms with Crippen LogP contribution in [0, 0.1) is 17.8 Å². The van der Waals surface area contributed by atoms with Crippen LogP contribution in [0.4, 0.5) is 28.8 Å². The van der Waals surface area contributed by atoms with Gasteiger partial charge in [-0.1, -0.05) is 0 Å². The first-order valence-electron chi connectivity index (χ1n) is 33.3. The normalized spacial score (nSPS) is 17.1. The smallest absolute Gasteiger partial charge is 0.225 e. The van der Waals surface area contributed by atoms with Crippen LogP contribution in [0.25, 0.3) is 62.4 Å². The molecule has 2 saturated heterocycles. The zero-order valence-electron chi connectivity index (χ0n) is 55.8. The first-order chi connectivity index (χ1) is 45.8. The number of H-pyrrole nitrogens is 1. The average Bonchev–Trinajstić information content (AvgIpc) is 1.65. The average molecular weight is 1420 g/mol. The summed E-state index contributed by atoms with van der Waals surface area (Å²) < 4.78 is 20.3. The molecule has 2 aliphatic heterocycles. The number of nitrogen functional groups attached to an aromatic ring is 1.